The molecule has 7 heteroatoms. The van der Waals surface area contributed by atoms with Gasteiger partial charge in [0.05, 0.1) is 23.3 Å². The molecule has 1 heterocycles. The number of halogens is 3. The third-order valence-electron chi connectivity index (χ3n) is 1.70. The first-order valence-electron chi connectivity index (χ1n) is 4.38. The number of hydrogen-bond donors (Lipinski definition) is 2. The van der Waals surface area contributed by atoms with Crippen LogP contribution in [0.4, 0.5) is 13.2 Å². The number of rotatable bonds is 4. The van der Waals surface area contributed by atoms with E-state index < -0.39 is 17.8 Å². The van der Waals surface area contributed by atoms with Gasteiger partial charge in [-0.05, 0) is 12.1 Å². The first-order valence-corrected chi connectivity index (χ1v) is 5.37. The standard InChI is InChI=1S/C9H10F3NO2S/c10-9(11,12)6-1-2-8(13-3-6)16-5-7(15)4-14/h1-3,7,14-15H,4-5H2. The van der Waals surface area contributed by atoms with E-state index in [4.69, 9.17) is 10.2 Å². The van der Waals surface area contributed by atoms with Gasteiger partial charge in [0.2, 0.25) is 0 Å². The van der Waals surface area contributed by atoms with E-state index in [9.17, 15) is 13.2 Å². The Morgan fingerprint density at radius 3 is 2.50 bits per heavy atom. The van der Waals surface area contributed by atoms with Crippen molar-refractivity contribution in [3.05, 3.63) is 23.9 Å². The van der Waals surface area contributed by atoms with E-state index in [1.54, 1.807) is 0 Å². The first kappa shape index (κ1) is 13.3. The molecule has 0 radical (unpaired) electrons. The average Bonchev–Trinajstić information content (AvgIpc) is 2.25. The molecule has 0 spiro atoms. The summed E-state index contributed by atoms with van der Waals surface area (Å²) in [7, 11) is 0. The number of thioether (sulfide) groups is 1. The summed E-state index contributed by atoms with van der Waals surface area (Å²) >= 11 is 1.08. The Bertz CT molecular complexity index is 329. The van der Waals surface area contributed by atoms with Crippen LogP contribution in [0.2, 0.25) is 0 Å². The highest BCUT2D eigenvalue weighted by Crippen LogP contribution is 2.29. The van der Waals surface area contributed by atoms with E-state index in [1.807, 2.05) is 0 Å². The number of nitrogens with zero attached hydrogens (tertiary/aromatic N) is 1. The fourth-order valence-corrected chi connectivity index (χ4v) is 1.63. The maximum Gasteiger partial charge on any atom is 0.417 e. The third kappa shape index (κ3) is 3.99. The smallest absolute Gasteiger partial charge is 0.394 e. The SMILES string of the molecule is OCC(O)CSc1ccc(C(F)(F)F)cn1. The normalized spacial score (nSPS) is 13.8. The molecule has 1 rings (SSSR count). The number of pyridine rings is 1. The van der Waals surface area contributed by atoms with Gasteiger partial charge >= 0.3 is 6.18 Å². The van der Waals surface area contributed by atoms with Crippen molar-refractivity contribution in [3.8, 4) is 0 Å². The van der Waals surface area contributed by atoms with Crippen LogP contribution in [0.25, 0.3) is 0 Å². The predicted molar refractivity (Wildman–Crippen MR) is 53.1 cm³/mol. The minimum Gasteiger partial charge on any atom is -0.394 e. The Balaban J connectivity index is 2.58. The Morgan fingerprint density at radius 1 is 1.38 bits per heavy atom. The molecular weight excluding hydrogens is 243 g/mol. The minimum absolute atomic E-state index is 0.189. The number of aromatic nitrogens is 1. The Kier molecular flexibility index (Phi) is 4.57. The molecule has 16 heavy (non-hydrogen) atoms. The van der Waals surface area contributed by atoms with Crippen LogP contribution in [0.5, 0.6) is 0 Å². The molecule has 0 saturated carbocycles. The van der Waals surface area contributed by atoms with E-state index in [-0.39, 0.29) is 12.4 Å². The quantitative estimate of drug-likeness (QED) is 0.799. The summed E-state index contributed by atoms with van der Waals surface area (Å²) in [6.45, 7) is -0.381. The van der Waals surface area contributed by atoms with E-state index in [1.165, 1.54) is 6.07 Å². The van der Waals surface area contributed by atoms with Crippen molar-refractivity contribution in [1.29, 1.82) is 0 Å². The lowest BCUT2D eigenvalue weighted by atomic mass is 10.3. The first-order chi connectivity index (χ1) is 7.43. The monoisotopic (exact) mass is 253 g/mol. The van der Waals surface area contributed by atoms with Gasteiger partial charge in [-0.1, -0.05) is 0 Å². The zero-order chi connectivity index (χ0) is 12.2. The van der Waals surface area contributed by atoms with Crippen LogP contribution in [0.15, 0.2) is 23.4 Å². The van der Waals surface area contributed by atoms with E-state index in [0.29, 0.717) is 5.03 Å². The molecule has 0 fully saturated rings. The van der Waals surface area contributed by atoms with E-state index in [2.05, 4.69) is 4.98 Å². The molecular formula is C9H10F3NO2S. The summed E-state index contributed by atoms with van der Waals surface area (Å²) in [4.78, 5) is 3.60. The average molecular weight is 253 g/mol. The maximum atomic E-state index is 12.2. The van der Waals surface area contributed by atoms with Crippen LogP contribution < -0.4 is 0 Å². The molecule has 0 aliphatic carbocycles. The van der Waals surface area contributed by atoms with Crippen LogP contribution in [0.3, 0.4) is 0 Å². The molecule has 1 aromatic rings. The lowest BCUT2D eigenvalue weighted by molar-refractivity contribution is -0.137. The zero-order valence-electron chi connectivity index (χ0n) is 8.11. The molecule has 1 unspecified atom stereocenters. The molecule has 0 aliphatic heterocycles. The van der Waals surface area contributed by atoms with E-state index >= 15 is 0 Å². The van der Waals surface area contributed by atoms with E-state index in [0.717, 1.165) is 24.0 Å². The number of aliphatic hydroxyl groups excluding tert-OH is 2. The molecule has 0 bridgehead atoms. The highest BCUT2D eigenvalue weighted by molar-refractivity contribution is 7.99. The summed E-state index contributed by atoms with van der Waals surface area (Å²) in [6.07, 6.45) is -4.54. The van der Waals surface area contributed by atoms with Gasteiger partial charge in [0.1, 0.15) is 0 Å². The van der Waals surface area contributed by atoms with Crippen molar-refractivity contribution in [2.24, 2.45) is 0 Å². The van der Waals surface area contributed by atoms with Gasteiger partial charge in [-0.3, -0.25) is 0 Å². The highest BCUT2D eigenvalue weighted by atomic mass is 32.2. The molecule has 2 N–H and O–H groups in total. The van der Waals surface area contributed by atoms with Crippen molar-refractivity contribution in [1.82, 2.24) is 4.98 Å². The molecule has 90 valence electrons. The van der Waals surface area contributed by atoms with Crippen molar-refractivity contribution in [2.45, 2.75) is 17.3 Å². The van der Waals surface area contributed by atoms with Gasteiger partial charge < -0.3 is 10.2 Å². The van der Waals surface area contributed by atoms with Crippen LogP contribution in [-0.4, -0.2) is 33.7 Å². The predicted octanol–water partition coefficient (Wildman–Crippen LogP) is 1.55. The number of aliphatic hydroxyl groups is 2. The van der Waals surface area contributed by atoms with Crippen LogP contribution in [-0.2, 0) is 6.18 Å². The van der Waals surface area contributed by atoms with Crippen molar-refractivity contribution in [3.63, 3.8) is 0 Å². The molecule has 1 aromatic heterocycles. The summed E-state index contributed by atoms with van der Waals surface area (Å²) in [5, 5.41) is 17.9. The van der Waals surface area contributed by atoms with Gasteiger partial charge in [0, 0.05) is 11.9 Å². The fraction of sp³-hybridized carbons (Fsp3) is 0.444. The van der Waals surface area contributed by atoms with Gasteiger partial charge in [0.15, 0.2) is 0 Å². The molecule has 0 amide bonds. The second-order valence-corrected chi connectivity index (χ2v) is 4.07. The van der Waals surface area contributed by atoms with Crippen molar-refractivity contribution >= 4 is 11.8 Å². The maximum absolute atomic E-state index is 12.2. The molecule has 0 aliphatic rings. The van der Waals surface area contributed by atoms with Crippen molar-refractivity contribution in [2.75, 3.05) is 12.4 Å². The second-order valence-electron chi connectivity index (χ2n) is 3.03. The third-order valence-corrected chi connectivity index (χ3v) is 2.79. The Labute approximate surface area is 94.3 Å². The van der Waals surface area contributed by atoms with Crippen LogP contribution in [0.1, 0.15) is 5.56 Å². The lowest BCUT2D eigenvalue weighted by Gasteiger charge is -2.08. The second kappa shape index (κ2) is 5.51. The number of alkyl halides is 3. The lowest BCUT2D eigenvalue weighted by Crippen LogP contribution is -2.14. The Morgan fingerprint density at radius 2 is 2.06 bits per heavy atom. The van der Waals surface area contributed by atoms with Crippen molar-refractivity contribution < 1.29 is 23.4 Å². The summed E-state index contributed by atoms with van der Waals surface area (Å²) in [6, 6.07) is 2.16. The van der Waals surface area contributed by atoms with Crippen LogP contribution in [0, 0.1) is 0 Å². The highest BCUT2D eigenvalue weighted by Gasteiger charge is 2.30. The van der Waals surface area contributed by atoms with Crippen LogP contribution >= 0.6 is 11.8 Å². The largest absolute Gasteiger partial charge is 0.417 e. The summed E-state index contributed by atoms with van der Waals surface area (Å²) < 4.78 is 36.5. The van der Waals surface area contributed by atoms with Gasteiger partial charge in [0.25, 0.3) is 0 Å². The Hall–Kier alpha value is -0.790. The number of hydrogen-bond acceptors (Lipinski definition) is 4. The summed E-state index contributed by atoms with van der Waals surface area (Å²) in [5.74, 6) is 0.189. The van der Waals surface area contributed by atoms with Gasteiger partial charge in [-0.15, -0.1) is 11.8 Å². The van der Waals surface area contributed by atoms with Gasteiger partial charge in [-0.2, -0.15) is 13.2 Å². The molecule has 3 nitrogen and oxygen atoms in total. The topological polar surface area (TPSA) is 53.4 Å². The molecule has 0 saturated heterocycles. The molecule has 0 aromatic carbocycles. The fourth-order valence-electron chi connectivity index (χ4n) is 0.868. The van der Waals surface area contributed by atoms with Gasteiger partial charge in [-0.25, -0.2) is 4.98 Å². The zero-order valence-corrected chi connectivity index (χ0v) is 8.92. The summed E-state index contributed by atoms with van der Waals surface area (Å²) in [5.41, 5.74) is -0.806. The minimum atomic E-state index is -4.39. The molecule has 1 atom stereocenters.